The summed E-state index contributed by atoms with van der Waals surface area (Å²) in [6, 6.07) is 6.95. The summed E-state index contributed by atoms with van der Waals surface area (Å²) in [4.78, 5) is 6.97. The molecule has 2 N–H and O–H groups in total. The van der Waals surface area contributed by atoms with Gasteiger partial charge in [-0.1, -0.05) is 12.1 Å². The number of rotatable bonds is 9. The molecule has 0 aliphatic heterocycles. The summed E-state index contributed by atoms with van der Waals surface area (Å²) in [5.74, 6) is 1.48. The number of ether oxygens (including phenoxy) is 1. The van der Waals surface area contributed by atoms with E-state index >= 15 is 0 Å². The fourth-order valence-electron chi connectivity index (χ4n) is 2.78. The molecule has 5 nitrogen and oxygen atoms in total. The fourth-order valence-corrected chi connectivity index (χ4v) is 2.78. The van der Waals surface area contributed by atoms with Crippen molar-refractivity contribution in [3.8, 4) is 5.75 Å². The van der Waals surface area contributed by atoms with Crippen LogP contribution in [0.1, 0.15) is 26.7 Å². The first-order valence-corrected chi connectivity index (χ1v) is 9.11. The molecule has 0 amide bonds. The number of aliphatic imine (C=N–C) groups is 1. The Bertz CT molecular complexity index is 558. The highest BCUT2D eigenvalue weighted by Crippen LogP contribution is 2.34. The minimum Gasteiger partial charge on any atom is -0.486 e. The zero-order chi connectivity index (χ0) is 18.2. The van der Waals surface area contributed by atoms with Crippen molar-refractivity contribution in [3.05, 3.63) is 30.1 Å². The molecule has 1 aliphatic carbocycles. The molecule has 1 aliphatic rings. The molecule has 2 rings (SSSR count). The maximum Gasteiger partial charge on any atom is 0.191 e. The van der Waals surface area contributed by atoms with Crippen LogP contribution in [0.25, 0.3) is 0 Å². The Morgan fingerprint density at radius 1 is 1.32 bits per heavy atom. The van der Waals surface area contributed by atoms with Crippen LogP contribution in [0.4, 0.5) is 4.39 Å². The first-order valence-electron chi connectivity index (χ1n) is 9.11. The summed E-state index contributed by atoms with van der Waals surface area (Å²) >= 11 is 0. The second kappa shape index (κ2) is 9.61. The molecule has 1 fully saturated rings. The van der Waals surface area contributed by atoms with Crippen LogP contribution >= 0.6 is 0 Å². The number of guanidine groups is 1. The first-order chi connectivity index (χ1) is 12.0. The zero-order valence-electron chi connectivity index (χ0n) is 15.8. The van der Waals surface area contributed by atoms with E-state index in [-0.39, 0.29) is 17.7 Å². The maximum absolute atomic E-state index is 13.7. The molecular weight excluding hydrogens is 319 g/mol. The van der Waals surface area contributed by atoms with Crippen LogP contribution in [0.15, 0.2) is 29.3 Å². The van der Waals surface area contributed by atoms with Gasteiger partial charge in [-0.05, 0) is 58.8 Å². The standard InChI is InChI=1S/C19H31FN4O/c1-5-21-19(23-13-17(24(3)4)15-10-11-15)22-12-14(2)25-18-9-7-6-8-16(18)20/h6-9,14-15,17H,5,10-13H2,1-4H3,(H2,21,22,23). The van der Waals surface area contributed by atoms with E-state index in [9.17, 15) is 4.39 Å². The summed E-state index contributed by atoms with van der Waals surface area (Å²) in [6.45, 7) is 6.08. The Balaban J connectivity index is 1.85. The van der Waals surface area contributed by atoms with Crippen molar-refractivity contribution < 1.29 is 9.13 Å². The lowest BCUT2D eigenvalue weighted by Crippen LogP contribution is -2.43. The van der Waals surface area contributed by atoms with E-state index in [0.29, 0.717) is 12.6 Å². The van der Waals surface area contributed by atoms with E-state index in [1.807, 2.05) is 13.8 Å². The first kappa shape index (κ1) is 19.5. The summed E-state index contributed by atoms with van der Waals surface area (Å²) in [5.41, 5.74) is 0. The van der Waals surface area contributed by atoms with Crippen molar-refractivity contribution in [2.45, 2.75) is 38.8 Å². The van der Waals surface area contributed by atoms with Gasteiger partial charge in [-0.3, -0.25) is 4.99 Å². The number of para-hydroxylation sites is 1. The van der Waals surface area contributed by atoms with Gasteiger partial charge in [0.2, 0.25) is 0 Å². The molecule has 0 bridgehead atoms. The molecule has 6 heteroatoms. The third-order valence-corrected chi connectivity index (χ3v) is 4.33. The molecule has 0 heterocycles. The Labute approximate surface area is 150 Å². The van der Waals surface area contributed by atoms with Crippen LogP contribution in [0.5, 0.6) is 5.75 Å². The monoisotopic (exact) mass is 350 g/mol. The number of hydrogen-bond donors (Lipinski definition) is 2. The van der Waals surface area contributed by atoms with Gasteiger partial charge >= 0.3 is 0 Å². The molecule has 0 spiro atoms. The molecule has 1 aromatic carbocycles. The minimum atomic E-state index is -0.340. The zero-order valence-corrected chi connectivity index (χ0v) is 15.8. The third kappa shape index (κ3) is 6.53. The van der Waals surface area contributed by atoms with Crippen molar-refractivity contribution in [2.75, 3.05) is 33.7 Å². The molecule has 0 aromatic heterocycles. The Hall–Kier alpha value is -1.82. The molecular formula is C19H31FN4O. The Morgan fingerprint density at radius 3 is 2.64 bits per heavy atom. The van der Waals surface area contributed by atoms with E-state index in [0.717, 1.165) is 25.0 Å². The van der Waals surface area contributed by atoms with Crippen LogP contribution in [0.3, 0.4) is 0 Å². The van der Waals surface area contributed by atoms with Crippen LogP contribution in [0, 0.1) is 11.7 Å². The fraction of sp³-hybridized carbons (Fsp3) is 0.632. The number of nitrogens with one attached hydrogen (secondary N) is 2. The van der Waals surface area contributed by atoms with E-state index in [4.69, 9.17) is 9.73 Å². The Morgan fingerprint density at radius 2 is 2.04 bits per heavy atom. The molecule has 0 radical (unpaired) electrons. The molecule has 1 saturated carbocycles. The van der Waals surface area contributed by atoms with E-state index in [2.05, 4.69) is 29.6 Å². The minimum absolute atomic E-state index is 0.172. The number of hydrogen-bond acceptors (Lipinski definition) is 3. The topological polar surface area (TPSA) is 48.9 Å². The van der Waals surface area contributed by atoms with Gasteiger partial charge in [-0.15, -0.1) is 0 Å². The molecule has 2 atom stereocenters. The average Bonchev–Trinajstić information content (AvgIpc) is 3.39. The van der Waals surface area contributed by atoms with Crippen molar-refractivity contribution in [3.63, 3.8) is 0 Å². The number of halogens is 1. The highest BCUT2D eigenvalue weighted by atomic mass is 19.1. The van der Waals surface area contributed by atoms with Crippen molar-refractivity contribution in [1.29, 1.82) is 0 Å². The number of nitrogens with zero attached hydrogens (tertiary/aromatic N) is 2. The normalized spacial score (nSPS) is 17.3. The highest BCUT2D eigenvalue weighted by molar-refractivity contribution is 5.79. The second-order valence-corrected chi connectivity index (χ2v) is 6.83. The van der Waals surface area contributed by atoms with Gasteiger partial charge in [-0.2, -0.15) is 0 Å². The summed E-state index contributed by atoms with van der Waals surface area (Å²) in [6.07, 6.45) is 2.43. The molecule has 1 aromatic rings. The predicted octanol–water partition coefficient (Wildman–Crippen LogP) is 2.49. The van der Waals surface area contributed by atoms with Gasteiger partial charge in [0.1, 0.15) is 6.10 Å². The lowest BCUT2D eigenvalue weighted by molar-refractivity contribution is 0.214. The number of likely N-dealkylation sites (N-methyl/N-ethyl adjacent to an activating group) is 1. The van der Waals surface area contributed by atoms with Gasteiger partial charge in [0.15, 0.2) is 17.5 Å². The van der Waals surface area contributed by atoms with Gasteiger partial charge in [-0.25, -0.2) is 4.39 Å². The second-order valence-electron chi connectivity index (χ2n) is 6.83. The SMILES string of the molecule is CCNC(=NCC(C1CC1)N(C)C)NCC(C)Oc1ccccc1F. The molecule has 0 saturated heterocycles. The lowest BCUT2D eigenvalue weighted by Gasteiger charge is -2.23. The smallest absolute Gasteiger partial charge is 0.191 e. The van der Waals surface area contributed by atoms with Crippen LogP contribution in [-0.4, -0.2) is 56.7 Å². The number of benzene rings is 1. The quantitative estimate of drug-likeness (QED) is 0.531. The molecule has 2 unspecified atom stereocenters. The van der Waals surface area contributed by atoms with Crippen LogP contribution in [0.2, 0.25) is 0 Å². The van der Waals surface area contributed by atoms with Gasteiger partial charge in [0.05, 0.1) is 13.1 Å². The summed E-state index contributed by atoms with van der Waals surface area (Å²) in [7, 11) is 4.23. The van der Waals surface area contributed by atoms with Crippen molar-refractivity contribution in [2.24, 2.45) is 10.9 Å². The van der Waals surface area contributed by atoms with Gasteiger partial charge in [0, 0.05) is 12.6 Å². The predicted molar refractivity (Wildman–Crippen MR) is 101 cm³/mol. The average molecular weight is 350 g/mol. The molecule has 25 heavy (non-hydrogen) atoms. The van der Waals surface area contributed by atoms with Crippen molar-refractivity contribution in [1.82, 2.24) is 15.5 Å². The van der Waals surface area contributed by atoms with Crippen LogP contribution < -0.4 is 15.4 Å². The van der Waals surface area contributed by atoms with Gasteiger partial charge in [0.25, 0.3) is 0 Å². The van der Waals surface area contributed by atoms with E-state index in [1.54, 1.807) is 18.2 Å². The molecule has 140 valence electrons. The van der Waals surface area contributed by atoms with Crippen LogP contribution in [-0.2, 0) is 0 Å². The highest BCUT2D eigenvalue weighted by Gasteiger charge is 2.32. The Kier molecular flexibility index (Phi) is 7.50. The van der Waals surface area contributed by atoms with E-state index in [1.165, 1.54) is 18.9 Å². The van der Waals surface area contributed by atoms with Crippen molar-refractivity contribution >= 4 is 5.96 Å². The van der Waals surface area contributed by atoms with Gasteiger partial charge < -0.3 is 20.3 Å². The lowest BCUT2D eigenvalue weighted by atomic mass is 10.2. The summed E-state index contributed by atoms with van der Waals surface area (Å²) < 4.78 is 19.3. The maximum atomic E-state index is 13.7. The third-order valence-electron chi connectivity index (χ3n) is 4.33. The summed E-state index contributed by atoms with van der Waals surface area (Å²) in [5, 5.41) is 6.54. The van der Waals surface area contributed by atoms with E-state index < -0.39 is 0 Å². The largest absolute Gasteiger partial charge is 0.486 e.